The second-order valence-corrected chi connectivity index (χ2v) is 7.57. The van der Waals surface area contributed by atoms with Crippen molar-refractivity contribution in [2.75, 3.05) is 0 Å². The monoisotopic (exact) mass is 348 g/mol. The number of benzene rings is 2. The first-order chi connectivity index (χ1) is 11.9. The fraction of sp³-hybridized carbons (Fsp3) is 0.182. The first-order valence-electron chi connectivity index (χ1n) is 8.18. The minimum atomic E-state index is 0.712. The molecule has 0 N–H and O–H groups in total. The molecule has 0 unspecified atom stereocenters. The van der Waals surface area contributed by atoms with Crippen molar-refractivity contribution >= 4 is 23.9 Å². The molecule has 0 aliphatic heterocycles. The second-order valence-electron chi connectivity index (χ2n) is 6.45. The first kappa shape index (κ1) is 17.3. The minimum absolute atomic E-state index is 0.712. The third kappa shape index (κ3) is 3.20. The molecule has 1 heterocycles. The highest BCUT2D eigenvalue weighted by molar-refractivity contribution is 7.17. The number of carbonyl (C=O) groups is 2. The van der Waals surface area contributed by atoms with Crippen molar-refractivity contribution in [2.24, 2.45) is 0 Å². The van der Waals surface area contributed by atoms with Gasteiger partial charge >= 0.3 is 0 Å². The quantitative estimate of drug-likeness (QED) is 0.547. The SMILES string of the molecule is Cc1cc(C=O)cc(C)c1-c1cc(C)c(-c2ccc(C=O)s2)c(C)c1. The van der Waals surface area contributed by atoms with Crippen molar-refractivity contribution in [2.45, 2.75) is 27.7 Å². The van der Waals surface area contributed by atoms with E-state index in [0.717, 1.165) is 33.5 Å². The summed E-state index contributed by atoms with van der Waals surface area (Å²) in [6, 6.07) is 12.1. The number of aryl methyl sites for hydroxylation is 4. The lowest BCUT2D eigenvalue weighted by Crippen LogP contribution is -1.95. The van der Waals surface area contributed by atoms with Crippen LogP contribution in [0.2, 0.25) is 0 Å². The van der Waals surface area contributed by atoms with Crippen LogP contribution in [0.5, 0.6) is 0 Å². The molecule has 0 saturated heterocycles. The van der Waals surface area contributed by atoms with Crippen LogP contribution in [0.25, 0.3) is 21.6 Å². The van der Waals surface area contributed by atoms with Crippen LogP contribution >= 0.6 is 11.3 Å². The van der Waals surface area contributed by atoms with Gasteiger partial charge in [-0.25, -0.2) is 0 Å². The Morgan fingerprint density at radius 3 is 1.76 bits per heavy atom. The average Bonchev–Trinajstić information content (AvgIpc) is 3.02. The summed E-state index contributed by atoms with van der Waals surface area (Å²) in [5.74, 6) is 0. The topological polar surface area (TPSA) is 34.1 Å². The zero-order valence-corrected chi connectivity index (χ0v) is 15.7. The summed E-state index contributed by atoms with van der Waals surface area (Å²) in [4.78, 5) is 23.9. The maximum atomic E-state index is 11.1. The standard InChI is InChI=1S/C22H20O2S/c1-13-7-17(11-23)8-14(2)21(13)18-9-15(3)22(16(4)10-18)20-6-5-19(12-24)25-20/h5-12H,1-4H3. The number of hydrogen-bond donors (Lipinski definition) is 0. The Morgan fingerprint density at radius 2 is 1.28 bits per heavy atom. The summed E-state index contributed by atoms with van der Waals surface area (Å²) in [7, 11) is 0. The third-order valence-electron chi connectivity index (χ3n) is 4.50. The van der Waals surface area contributed by atoms with E-state index in [0.29, 0.717) is 5.56 Å². The molecule has 0 saturated carbocycles. The first-order valence-corrected chi connectivity index (χ1v) is 8.99. The van der Waals surface area contributed by atoms with Gasteiger partial charge in [-0.05, 0) is 90.9 Å². The maximum Gasteiger partial charge on any atom is 0.160 e. The lowest BCUT2D eigenvalue weighted by molar-refractivity contribution is 0.111. The van der Waals surface area contributed by atoms with E-state index in [1.54, 1.807) is 0 Å². The van der Waals surface area contributed by atoms with Gasteiger partial charge in [0.15, 0.2) is 6.29 Å². The Balaban J connectivity index is 2.15. The van der Waals surface area contributed by atoms with Gasteiger partial charge in [0.25, 0.3) is 0 Å². The Bertz CT molecular complexity index is 933. The van der Waals surface area contributed by atoms with Gasteiger partial charge in [0.05, 0.1) is 4.88 Å². The normalized spacial score (nSPS) is 10.7. The predicted octanol–water partition coefficient (Wildman–Crippen LogP) is 5.94. The van der Waals surface area contributed by atoms with Crippen molar-refractivity contribution in [3.8, 4) is 21.6 Å². The highest BCUT2D eigenvalue weighted by Crippen LogP contribution is 2.37. The largest absolute Gasteiger partial charge is 0.298 e. The summed E-state index contributed by atoms with van der Waals surface area (Å²) in [5.41, 5.74) is 8.84. The van der Waals surface area contributed by atoms with Gasteiger partial charge in [0.2, 0.25) is 0 Å². The van der Waals surface area contributed by atoms with E-state index >= 15 is 0 Å². The molecule has 2 nitrogen and oxygen atoms in total. The predicted molar refractivity (Wildman–Crippen MR) is 105 cm³/mol. The highest BCUT2D eigenvalue weighted by atomic mass is 32.1. The van der Waals surface area contributed by atoms with Gasteiger partial charge in [-0.15, -0.1) is 11.3 Å². The molecular formula is C22H20O2S. The molecule has 0 radical (unpaired) electrons. The molecule has 0 aliphatic carbocycles. The van der Waals surface area contributed by atoms with E-state index in [4.69, 9.17) is 0 Å². The van der Waals surface area contributed by atoms with Crippen molar-refractivity contribution in [1.29, 1.82) is 0 Å². The second kappa shape index (κ2) is 6.77. The van der Waals surface area contributed by atoms with Crippen molar-refractivity contribution in [3.63, 3.8) is 0 Å². The van der Waals surface area contributed by atoms with Crippen LogP contribution in [0.1, 0.15) is 42.3 Å². The highest BCUT2D eigenvalue weighted by Gasteiger charge is 2.14. The average molecular weight is 348 g/mol. The number of rotatable bonds is 4. The van der Waals surface area contributed by atoms with E-state index in [2.05, 4.69) is 26.0 Å². The van der Waals surface area contributed by atoms with E-state index in [1.165, 1.54) is 39.2 Å². The third-order valence-corrected chi connectivity index (χ3v) is 5.53. The van der Waals surface area contributed by atoms with Crippen LogP contribution in [-0.4, -0.2) is 12.6 Å². The molecular weight excluding hydrogens is 328 g/mol. The Morgan fingerprint density at radius 1 is 0.720 bits per heavy atom. The minimum Gasteiger partial charge on any atom is -0.298 e. The van der Waals surface area contributed by atoms with Crippen molar-refractivity contribution in [1.82, 2.24) is 0 Å². The molecule has 25 heavy (non-hydrogen) atoms. The summed E-state index contributed by atoms with van der Waals surface area (Å²) in [6.45, 7) is 8.31. The van der Waals surface area contributed by atoms with E-state index in [1.807, 2.05) is 38.1 Å². The van der Waals surface area contributed by atoms with Crippen LogP contribution in [0, 0.1) is 27.7 Å². The zero-order chi connectivity index (χ0) is 18.1. The zero-order valence-electron chi connectivity index (χ0n) is 14.8. The number of thiophene rings is 1. The molecule has 0 amide bonds. The molecule has 0 spiro atoms. The Labute approximate surface area is 152 Å². The number of carbonyl (C=O) groups excluding carboxylic acids is 2. The lowest BCUT2D eigenvalue weighted by atomic mass is 9.89. The molecule has 3 rings (SSSR count). The Kier molecular flexibility index (Phi) is 4.69. The van der Waals surface area contributed by atoms with Crippen molar-refractivity contribution < 1.29 is 9.59 Å². The molecule has 2 aromatic carbocycles. The maximum absolute atomic E-state index is 11.1. The molecule has 0 aliphatic rings. The van der Waals surface area contributed by atoms with Crippen LogP contribution in [0.3, 0.4) is 0 Å². The van der Waals surface area contributed by atoms with Crippen LogP contribution < -0.4 is 0 Å². The van der Waals surface area contributed by atoms with Gasteiger partial charge in [-0.1, -0.05) is 12.1 Å². The van der Waals surface area contributed by atoms with Gasteiger partial charge in [-0.3, -0.25) is 9.59 Å². The number of aldehydes is 2. The van der Waals surface area contributed by atoms with Crippen LogP contribution in [-0.2, 0) is 0 Å². The van der Waals surface area contributed by atoms with E-state index in [9.17, 15) is 9.59 Å². The number of hydrogen-bond acceptors (Lipinski definition) is 3. The van der Waals surface area contributed by atoms with Crippen LogP contribution in [0.4, 0.5) is 0 Å². The molecule has 0 bridgehead atoms. The van der Waals surface area contributed by atoms with Crippen LogP contribution in [0.15, 0.2) is 36.4 Å². The summed E-state index contributed by atoms with van der Waals surface area (Å²) in [5, 5.41) is 0. The molecule has 1 aromatic heterocycles. The Hall–Kier alpha value is -2.52. The fourth-order valence-corrected chi connectivity index (χ4v) is 4.57. The molecule has 3 aromatic rings. The van der Waals surface area contributed by atoms with Gasteiger partial charge in [0, 0.05) is 10.4 Å². The van der Waals surface area contributed by atoms with Gasteiger partial charge in [-0.2, -0.15) is 0 Å². The summed E-state index contributed by atoms with van der Waals surface area (Å²) < 4.78 is 0. The van der Waals surface area contributed by atoms with E-state index < -0.39 is 0 Å². The summed E-state index contributed by atoms with van der Waals surface area (Å²) in [6.07, 6.45) is 1.79. The molecule has 126 valence electrons. The van der Waals surface area contributed by atoms with Gasteiger partial charge in [0.1, 0.15) is 6.29 Å². The molecule has 0 atom stereocenters. The summed E-state index contributed by atoms with van der Waals surface area (Å²) >= 11 is 1.52. The lowest BCUT2D eigenvalue weighted by Gasteiger charge is -2.16. The smallest absolute Gasteiger partial charge is 0.160 e. The van der Waals surface area contributed by atoms with Crippen molar-refractivity contribution in [3.05, 3.63) is 69.1 Å². The fourth-order valence-electron chi connectivity index (χ4n) is 3.57. The van der Waals surface area contributed by atoms with Gasteiger partial charge < -0.3 is 0 Å². The molecule has 0 fully saturated rings. The van der Waals surface area contributed by atoms with E-state index in [-0.39, 0.29) is 0 Å². The molecule has 3 heteroatoms.